The molecule has 1 saturated heterocycles. The average molecular weight is 285 g/mol. The molecular weight excluding hydrogens is 258 g/mol. The first kappa shape index (κ1) is 14.6. The molecule has 0 aliphatic carbocycles. The van der Waals surface area contributed by atoms with E-state index in [9.17, 15) is 0 Å². The smallest absolute Gasteiger partial charge is 0.0456 e. The van der Waals surface area contributed by atoms with E-state index in [0.717, 1.165) is 6.54 Å². The highest BCUT2D eigenvalue weighted by atomic mass is 15.2. The Balaban J connectivity index is 1.93. The molecule has 0 saturated carbocycles. The summed E-state index contributed by atoms with van der Waals surface area (Å²) in [6, 6.07) is 9.18. The van der Waals surface area contributed by atoms with Crippen molar-refractivity contribution in [1.82, 2.24) is 9.88 Å². The zero-order valence-electron chi connectivity index (χ0n) is 13.0. The predicted molar refractivity (Wildman–Crippen MR) is 89.6 cm³/mol. The van der Waals surface area contributed by atoms with Crippen LogP contribution < -0.4 is 5.73 Å². The van der Waals surface area contributed by atoms with Crippen LogP contribution in [-0.2, 0) is 0 Å². The van der Waals surface area contributed by atoms with E-state index in [-0.39, 0.29) is 0 Å². The number of aromatic amines is 1. The normalized spacial score (nSPS) is 21.7. The molecule has 1 aromatic heterocycles. The first-order chi connectivity index (χ1) is 10.3. The van der Waals surface area contributed by atoms with E-state index in [1.807, 2.05) is 0 Å². The third-order valence-electron chi connectivity index (χ3n) is 4.91. The summed E-state index contributed by atoms with van der Waals surface area (Å²) in [5, 5.41) is 1.34. The van der Waals surface area contributed by atoms with Crippen molar-refractivity contribution < 1.29 is 0 Å². The number of benzene rings is 1. The fraction of sp³-hybridized carbons (Fsp3) is 0.556. The van der Waals surface area contributed by atoms with Gasteiger partial charge in [-0.3, -0.25) is 4.90 Å². The standard InChI is InChI=1S/C18H27N3/c1-2-10-21-11-6-5-9-18(21)15(12-19)16-13-20-17-8-4-3-7-14(16)17/h3-4,7-8,13,15,18,20H,2,5-6,9-12,19H2,1H3. The van der Waals surface area contributed by atoms with Gasteiger partial charge >= 0.3 is 0 Å². The maximum absolute atomic E-state index is 6.20. The minimum atomic E-state index is 0.438. The monoisotopic (exact) mass is 285 g/mol. The Bertz CT molecular complexity index is 573. The van der Waals surface area contributed by atoms with Crippen LogP contribution >= 0.6 is 0 Å². The van der Waals surface area contributed by atoms with Gasteiger partial charge in [-0.15, -0.1) is 0 Å². The number of hydrogen-bond donors (Lipinski definition) is 2. The second kappa shape index (κ2) is 6.63. The highest BCUT2D eigenvalue weighted by molar-refractivity contribution is 5.83. The topological polar surface area (TPSA) is 45.0 Å². The molecule has 2 unspecified atom stereocenters. The first-order valence-corrected chi connectivity index (χ1v) is 8.35. The van der Waals surface area contributed by atoms with Crippen molar-refractivity contribution in [2.75, 3.05) is 19.6 Å². The molecule has 2 aromatic rings. The Kier molecular flexibility index (Phi) is 4.61. The quantitative estimate of drug-likeness (QED) is 0.883. The van der Waals surface area contributed by atoms with Gasteiger partial charge in [0, 0.05) is 35.6 Å². The Morgan fingerprint density at radius 3 is 3.00 bits per heavy atom. The van der Waals surface area contributed by atoms with Gasteiger partial charge in [0.25, 0.3) is 0 Å². The molecule has 3 heteroatoms. The van der Waals surface area contributed by atoms with Gasteiger partial charge in [-0.1, -0.05) is 31.5 Å². The molecule has 0 spiro atoms. The number of piperidine rings is 1. The molecule has 0 amide bonds. The molecule has 2 atom stereocenters. The summed E-state index contributed by atoms with van der Waals surface area (Å²) >= 11 is 0. The second-order valence-corrected chi connectivity index (χ2v) is 6.23. The van der Waals surface area contributed by atoms with Crippen molar-refractivity contribution in [3.05, 3.63) is 36.0 Å². The molecule has 114 valence electrons. The van der Waals surface area contributed by atoms with Crippen LogP contribution in [0.25, 0.3) is 10.9 Å². The van der Waals surface area contributed by atoms with E-state index in [4.69, 9.17) is 5.73 Å². The van der Waals surface area contributed by atoms with E-state index >= 15 is 0 Å². The van der Waals surface area contributed by atoms with E-state index in [0.29, 0.717) is 12.0 Å². The second-order valence-electron chi connectivity index (χ2n) is 6.23. The molecule has 1 fully saturated rings. The fourth-order valence-corrected chi connectivity index (χ4v) is 3.93. The summed E-state index contributed by atoms with van der Waals surface area (Å²) in [6.45, 7) is 5.43. The summed E-state index contributed by atoms with van der Waals surface area (Å²) in [4.78, 5) is 6.08. The van der Waals surface area contributed by atoms with Crippen LogP contribution in [-0.4, -0.2) is 35.6 Å². The van der Waals surface area contributed by atoms with Gasteiger partial charge in [0.2, 0.25) is 0 Å². The van der Waals surface area contributed by atoms with Crippen LogP contribution in [0.4, 0.5) is 0 Å². The summed E-state index contributed by atoms with van der Waals surface area (Å²) in [6.07, 6.45) is 7.36. The van der Waals surface area contributed by atoms with Gasteiger partial charge in [0.15, 0.2) is 0 Å². The lowest BCUT2D eigenvalue weighted by Crippen LogP contribution is -2.45. The van der Waals surface area contributed by atoms with E-state index < -0.39 is 0 Å². The van der Waals surface area contributed by atoms with Crippen molar-refractivity contribution in [3.8, 4) is 0 Å². The number of rotatable bonds is 5. The number of fused-ring (bicyclic) bond motifs is 1. The van der Waals surface area contributed by atoms with E-state index in [1.54, 1.807) is 0 Å². The molecule has 3 nitrogen and oxygen atoms in total. The number of nitrogens with two attached hydrogens (primary N) is 1. The van der Waals surface area contributed by atoms with Gasteiger partial charge < -0.3 is 10.7 Å². The Labute approximate surface area is 127 Å². The molecule has 1 aromatic carbocycles. The van der Waals surface area contributed by atoms with Crippen molar-refractivity contribution in [1.29, 1.82) is 0 Å². The Morgan fingerprint density at radius 1 is 1.33 bits per heavy atom. The van der Waals surface area contributed by atoms with Gasteiger partial charge in [-0.25, -0.2) is 0 Å². The number of nitrogens with one attached hydrogen (secondary N) is 1. The number of likely N-dealkylation sites (tertiary alicyclic amines) is 1. The third-order valence-corrected chi connectivity index (χ3v) is 4.91. The molecule has 3 N–H and O–H groups in total. The van der Waals surface area contributed by atoms with Crippen molar-refractivity contribution in [2.24, 2.45) is 5.73 Å². The van der Waals surface area contributed by atoms with Gasteiger partial charge in [-0.05, 0) is 44.0 Å². The highest BCUT2D eigenvalue weighted by Gasteiger charge is 2.30. The first-order valence-electron chi connectivity index (χ1n) is 8.35. The lowest BCUT2D eigenvalue weighted by molar-refractivity contribution is 0.127. The zero-order chi connectivity index (χ0) is 14.7. The lowest BCUT2D eigenvalue weighted by Gasteiger charge is -2.40. The minimum absolute atomic E-state index is 0.438. The maximum atomic E-state index is 6.20. The van der Waals surface area contributed by atoms with Crippen LogP contribution in [0.2, 0.25) is 0 Å². The van der Waals surface area contributed by atoms with Gasteiger partial charge in [-0.2, -0.15) is 0 Å². The number of H-pyrrole nitrogens is 1. The third kappa shape index (κ3) is 2.85. The largest absolute Gasteiger partial charge is 0.361 e. The number of hydrogen-bond acceptors (Lipinski definition) is 2. The SMILES string of the molecule is CCCN1CCCCC1C(CN)c1c[nH]c2ccccc12. The molecule has 0 radical (unpaired) electrons. The van der Waals surface area contributed by atoms with Crippen molar-refractivity contribution >= 4 is 10.9 Å². The van der Waals surface area contributed by atoms with Gasteiger partial charge in [0.05, 0.1) is 0 Å². The fourth-order valence-electron chi connectivity index (χ4n) is 3.93. The molecular formula is C18H27N3. The lowest BCUT2D eigenvalue weighted by atomic mass is 9.85. The molecule has 1 aliphatic rings. The van der Waals surface area contributed by atoms with Crippen LogP contribution in [0.15, 0.2) is 30.5 Å². The maximum Gasteiger partial charge on any atom is 0.0456 e. The Morgan fingerprint density at radius 2 is 2.19 bits per heavy atom. The van der Waals surface area contributed by atoms with Crippen LogP contribution in [0.3, 0.4) is 0 Å². The van der Waals surface area contributed by atoms with Crippen LogP contribution in [0, 0.1) is 0 Å². The van der Waals surface area contributed by atoms with E-state index in [2.05, 4.69) is 47.3 Å². The molecule has 3 rings (SSSR count). The molecule has 21 heavy (non-hydrogen) atoms. The number of nitrogens with zero attached hydrogens (tertiary/aromatic N) is 1. The average Bonchev–Trinajstić information content (AvgIpc) is 2.94. The van der Waals surface area contributed by atoms with E-state index in [1.165, 1.54) is 55.2 Å². The predicted octanol–water partition coefficient (Wildman–Crippen LogP) is 3.47. The summed E-state index contributed by atoms with van der Waals surface area (Å²) in [5.74, 6) is 0.438. The van der Waals surface area contributed by atoms with Crippen molar-refractivity contribution in [3.63, 3.8) is 0 Å². The zero-order valence-corrected chi connectivity index (χ0v) is 13.0. The van der Waals surface area contributed by atoms with Gasteiger partial charge in [0.1, 0.15) is 0 Å². The molecule has 0 bridgehead atoms. The summed E-state index contributed by atoms with van der Waals surface area (Å²) in [7, 11) is 0. The highest BCUT2D eigenvalue weighted by Crippen LogP contribution is 2.33. The van der Waals surface area contributed by atoms with Crippen LogP contribution in [0.1, 0.15) is 44.1 Å². The molecule has 1 aliphatic heterocycles. The molecule has 2 heterocycles. The minimum Gasteiger partial charge on any atom is -0.361 e. The summed E-state index contributed by atoms with van der Waals surface area (Å²) < 4.78 is 0. The number of aromatic nitrogens is 1. The van der Waals surface area contributed by atoms with Crippen LogP contribution in [0.5, 0.6) is 0 Å². The summed E-state index contributed by atoms with van der Waals surface area (Å²) in [5.41, 5.74) is 8.83. The number of para-hydroxylation sites is 1. The van der Waals surface area contributed by atoms with Crippen molar-refractivity contribution in [2.45, 2.75) is 44.6 Å². The Hall–Kier alpha value is -1.32.